The molecule has 25 N–H and O–H groups in total. The zero-order chi connectivity index (χ0) is 60.5. The Morgan fingerprint density at radius 2 is 0.827 bits per heavy atom. The molecule has 0 aromatic rings. The van der Waals surface area contributed by atoms with Crippen molar-refractivity contribution in [3.63, 3.8) is 0 Å². The Labute approximate surface area is 454 Å². The molecule has 40 heteroatoms. The van der Waals surface area contributed by atoms with Crippen LogP contribution in [-0.4, -0.2) is 375 Å². The molecule has 33 atom stereocenters. The van der Waals surface area contributed by atoms with Crippen LogP contribution in [-0.2, 0) is 66.0 Å². The number of hydrogen-bond donors (Lipinski definition) is 25. The van der Waals surface area contributed by atoms with Crippen LogP contribution in [0.15, 0.2) is 0 Å². The van der Waals surface area contributed by atoms with Crippen molar-refractivity contribution in [3.05, 3.63) is 0 Å². The first-order valence-corrected chi connectivity index (χ1v) is 26.2. The number of aliphatic hydroxyl groups excluding tert-OH is 21. The molecule has 6 saturated heterocycles. The number of phosphoric ester groups is 1. The van der Waals surface area contributed by atoms with Crippen LogP contribution in [0.2, 0.25) is 0 Å². The van der Waals surface area contributed by atoms with Gasteiger partial charge in [-0.2, -0.15) is 0 Å². The monoisotopic (exact) mass is 1220 g/mol. The van der Waals surface area contributed by atoms with E-state index in [0.29, 0.717) is 0 Å². The highest BCUT2D eigenvalue weighted by Gasteiger charge is 2.62. The summed E-state index contributed by atoms with van der Waals surface area (Å²) in [6.45, 7) is -7.42. The van der Waals surface area contributed by atoms with E-state index in [4.69, 9.17) is 56.6 Å². The Hall–Kier alpha value is -1.74. The molecule has 6 heterocycles. The summed E-state index contributed by atoms with van der Waals surface area (Å²) in [6, 6.07) is 0. The summed E-state index contributed by atoms with van der Waals surface area (Å²) in [5, 5.41) is 246. The standard InChI is InChI=1S/C41H71O39P/c42-2-8(48)26-18(55)17(54)23(60)37(71-26)77-33-20(57)19(56)27(9(49)3-43)72-39(33)76-32-25(62)38(75-31-12(80-81(66,67)68)1-41(65,40(63)64)79-29(31)11(51)5-45)73-28(10(50)4-44)34(32)78-36-24(61)21(58)30(14(7-47)70-36)74-35-22(59)16(53)15(52)13(6-46)69-35/h8-39,42-62,65H,1-7H2,(H,63,64)(H2,66,67,68)/t8-,9-,10-,11+,12+,13+,14+,15-,16-,17-,18-,19-,20-,21+,22+,23-,24+,25-,26+,27+,28+,29+,30+,31+,32+,33-,34+,35-,36-,37+,38+,39+,41+/m0/s1. The molecule has 0 bridgehead atoms. The molecule has 0 aromatic carbocycles. The first kappa shape index (κ1) is 68.4. The Morgan fingerprint density at radius 1 is 0.444 bits per heavy atom. The molecule has 0 aromatic heterocycles. The Bertz CT molecular complexity index is 2010. The van der Waals surface area contributed by atoms with Crippen molar-refractivity contribution in [3.8, 4) is 0 Å². The summed E-state index contributed by atoms with van der Waals surface area (Å²) in [4.78, 5) is 31.9. The highest BCUT2D eigenvalue weighted by atomic mass is 31.2. The van der Waals surface area contributed by atoms with Crippen molar-refractivity contribution in [2.24, 2.45) is 0 Å². The Kier molecular flexibility index (Phi) is 24.0. The maximum Gasteiger partial charge on any atom is 0.469 e. The number of carbonyl (C=O) groups is 1. The fourth-order valence-corrected chi connectivity index (χ4v) is 10.4. The quantitative estimate of drug-likeness (QED) is 0.0423. The van der Waals surface area contributed by atoms with Crippen molar-refractivity contribution < 1.29 is 193 Å². The second-order valence-electron chi connectivity index (χ2n) is 19.8. The van der Waals surface area contributed by atoms with Crippen LogP contribution >= 0.6 is 7.82 Å². The molecular formula is C41H71O39P. The van der Waals surface area contributed by atoms with Crippen LogP contribution in [0.25, 0.3) is 0 Å². The third-order valence-electron chi connectivity index (χ3n) is 14.2. The van der Waals surface area contributed by atoms with E-state index in [9.17, 15) is 137 Å². The van der Waals surface area contributed by atoms with E-state index in [1.165, 1.54) is 0 Å². The zero-order valence-corrected chi connectivity index (χ0v) is 42.7. The molecule has 0 amide bonds. The predicted octanol–water partition coefficient (Wildman–Crippen LogP) is -16.1. The molecule has 6 rings (SSSR count). The highest BCUT2D eigenvalue weighted by Crippen LogP contribution is 2.46. The van der Waals surface area contributed by atoms with Gasteiger partial charge in [-0.15, -0.1) is 0 Å². The summed E-state index contributed by atoms with van der Waals surface area (Å²) in [6.07, 6.45) is -75.4. The molecule has 474 valence electrons. The van der Waals surface area contributed by atoms with Gasteiger partial charge in [0.15, 0.2) is 31.5 Å². The highest BCUT2D eigenvalue weighted by molar-refractivity contribution is 7.46. The second kappa shape index (κ2) is 28.4. The van der Waals surface area contributed by atoms with Gasteiger partial charge in [-0.1, -0.05) is 0 Å². The van der Waals surface area contributed by atoms with Gasteiger partial charge in [-0.25, -0.2) is 9.36 Å². The summed E-state index contributed by atoms with van der Waals surface area (Å²) in [5.41, 5.74) is 0. The normalized spacial score (nSPS) is 48.0. The Morgan fingerprint density at radius 3 is 1.35 bits per heavy atom. The lowest BCUT2D eigenvalue weighted by atomic mass is 9.91. The van der Waals surface area contributed by atoms with Gasteiger partial charge >= 0.3 is 13.8 Å². The first-order valence-electron chi connectivity index (χ1n) is 24.7. The average Bonchev–Trinajstić information content (AvgIpc) is 3.59. The van der Waals surface area contributed by atoms with E-state index < -0.39 is 262 Å². The van der Waals surface area contributed by atoms with Crippen molar-refractivity contribution in [1.82, 2.24) is 0 Å². The third-order valence-corrected chi connectivity index (χ3v) is 14.8. The van der Waals surface area contributed by atoms with Gasteiger partial charge in [0, 0.05) is 6.42 Å². The molecular weight excluding hydrogens is 1150 g/mol. The lowest BCUT2D eigenvalue weighted by molar-refractivity contribution is -0.416. The maximum absolute atomic E-state index is 12.4. The van der Waals surface area contributed by atoms with Crippen molar-refractivity contribution in [1.29, 1.82) is 0 Å². The van der Waals surface area contributed by atoms with Gasteiger partial charge in [0.25, 0.3) is 5.79 Å². The Balaban J connectivity index is 1.45. The SMILES string of the molecule is O=C(O)[C@@]1(O)C[C@@H](OP(=O)(O)O)[C@@H](O[C@H]2O[C@H]([C@@H](O)CO)[C@@H](O[C@@H]3O[C@H](CO)[C@@H](O[C@@H]4O[C@H](CO)[C@H](O)[C@H](O)[C@H]4O)[C@H](O)[C@H]3O)[C@H](O[C@H]3O[C@H]([C@@H](O)CO)[C@@H](O)[C@H](O)[C@@H]3O[C@H]3O[C@H]([C@@H](O)CO)[C@@H](O)[C@H](O)[C@@H]3O)[C@@H]2O)[C@@H]([C@H](O)CO)O1. The number of carboxylic acids is 1. The van der Waals surface area contributed by atoms with Crippen LogP contribution in [0.3, 0.4) is 0 Å². The number of hydrogen-bond acceptors (Lipinski definition) is 36. The average molecular weight is 1220 g/mol. The first-order chi connectivity index (χ1) is 37.9. The fraction of sp³-hybridized carbons (Fsp3) is 0.976. The second-order valence-corrected chi connectivity index (χ2v) is 21.0. The van der Waals surface area contributed by atoms with Crippen LogP contribution in [0.4, 0.5) is 0 Å². The molecule has 0 radical (unpaired) electrons. The maximum atomic E-state index is 12.4. The zero-order valence-electron chi connectivity index (χ0n) is 41.8. The molecule has 0 spiro atoms. The summed E-state index contributed by atoms with van der Waals surface area (Å²) >= 11 is 0. The number of aliphatic hydroxyl groups is 22. The molecule has 6 aliphatic heterocycles. The largest absolute Gasteiger partial charge is 0.477 e. The van der Waals surface area contributed by atoms with E-state index in [2.05, 4.69) is 0 Å². The van der Waals surface area contributed by atoms with E-state index >= 15 is 0 Å². The van der Waals surface area contributed by atoms with Gasteiger partial charge in [0.05, 0.1) is 39.6 Å². The molecule has 0 saturated carbocycles. The fourth-order valence-electron chi connectivity index (χ4n) is 9.84. The van der Waals surface area contributed by atoms with Crippen LogP contribution in [0.1, 0.15) is 6.42 Å². The van der Waals surface area contributed by atoms with E-state index in [1.807, 2.05) is 0 Å². The minimum atomic E-state index is -5.85. The number of carboxylic acid groups (broad SMARTS) is 1. The number of rotatable bonds is 23. The lowest BCUT2D eigenvalue weighted by Crippen LogP contribution is -2.71. The summed E-state index contributed by atoms with van der Waals surface area (Å²) < 4.78 is 79.4. The van der Waals surface area contributed by atoms with Gasteiger partial charge in [-0.3, -0.25) is 4.52 Å². The summed E-state index contributed by atoms with van der Waals surface area (Å²) in [7, 11) is -5.85. The van der Waals surface area contributed by atoms with E-state index in [0.717, 1.165) is 0 Å². The molecule has 6 fully saturated rings. The van der Waals surface area contributed by atoms with Crippen molar-refractivity contribution in [2.75, 3.05) is 39.6 Å². The van der Waals surface area contributed by atoms with Gasteiger partial charge in [-0.05, 0) is 0 Å². The summed E-state index contributed by atoms with van der Waals surface area (Å²) in [5.74, 6) is -5.76. The van der Waals surface area contributed by atoms with E-state index in [-0.39, 0.29) is 0 Å². The van der Waals surface area contributed by atoms with Crippen LogP contribution in [0, 0.1) is 0 Å². The molecule has 0 aliphatic carbocycles. The van der Waals surface area contributed by atoms with Gasteiger partial charge < -0.3 is 179 Å². The van der Waals surface area contributed by atoms with Gasteiger partial charge in [0.1, 0.15) is 165 Å². The number of ether oxygens (including phenoxy) is 11. The van der Waals surface area contributed by atoms with Crippen molar-refractivity contribution in [2.45, 2.75) is 208 Å². The van der Waals surface area contributed by atoms with Crippen molar-refractivity contribution >= 4 is 13.8 Å². The molecule has 6 aliphatic rings. The predicted molar refractivity (Wildman–Crippen MR) is 239 cm³/mol. The molecule has 0 unspecified atom stereocenters. The minimum Gasteiger partial charge on any atom is -0.477 e. The smallest absolute Gasteiger partial charge is 0.469 e. The molecule has 39 nitrogen and oxygen atoms in total. The topological polar surface area (TPSA) is 651 Å². The number of phosphoric acid groups is 1. The number of aliphatic carboxylic acids is 1. The minimum absolute atomic E-state index is 0.961. The third kappa shape index (κ3) is 14.8. The van der Waals surface area contributed by atoms with Crippen LogP contribution in [0.5, 0.6) is 0 Å². The lowest BCUT2D eigenvalue weighted by Gasteiger charge is -2.52. The van der Waals surface area contributed by atoms with Crippen LogP contribution < -0.4 is 0 Å². The van der Waals surface area contributed by atoms with E-state index in [1.54, 1.807) is 0 Å². The van der Waals surface area contributed by atoms with Gasteiger partial charge in [0.2, 0.25) is 0 Å². The molecule has 81 heavy (non-hydrogen) atoms.